The van der Waals surface area contributed by atoms with Crippen LogP contribution >= 0.6 is 0 Å². The Hall–Kier alpha value is -2.63. The largest absolute Gasteiger partial charge is 0.330 e. The normalized spacial score (nSPS) is 31.5. The van der Waals surface area contributed by atoms with Crippen molar-refractivity contribution in [3.8, 4) is 0 Å². The first kappa shape index (κ1) is 17.5. The van der Waals surface area contributed by atoms with E-state index in [4.69, 9.17) is 0 Å². The molecule has 1 N–H and O–H groups in total. The second kappa shape index (κ2) is 6.47. The fourth-order valence-corrected chi connectivity index (χ4v) is 5.63. The highest BCUT2D eigenvalue weighted by atomic mass is 19.1. The van der Waals surface area contributed by atoms with E-state index in [2.05, 4.69) is 11.9 Å². The van der Waals surface area contributed by atoms with Crippen LogP contribution in [-0.4, -0.2) is 40.9 Å². The number of rotatable bonds is 4. The molecule has 4 atom stereocenters. The molecule has 28 heavy (non-hydrogen) atoms. The molecule has 5 rings (SSSR count). The van der Waals surface area contributed by atoms with Gasteiger partial charge in [0, 0.05) is 12.6 Å². The molecule has 0 spiro atoms. The van der Waals surface area contributed by atoms with Gasteiger partial charge in [0.1, 0.15) is 5.82 Å². The van der Waals surface area contributed by atoms with Gasteiger partial charge in [0.05, 0.1) is 23.9 Å². The first-order valence-corrected chi connectivity index (χ1v) is 10.0. The molecular formula is C22H24FN3O2. The van der Waals surface area contributed by atoms with E-state index < -0.39 is 6.04 Å². The van der Waals surface area contributed by atoms with Crippen molar-refractivity contribution in [2.45, 2.75) is 37.8 Å². The predicted molar refractivity (Wildman–Crippen MR) is 103 cm³/mol. The van der Waals surface area contributed by atoms with Crippen molar-refractivity contribution in [2.24, 2.45) is 11.8 Å². The van der Waals surface area contributed by atoms with Crippen LogP contribution in [0.4, 0.5) is 9.18 Å². The first-order valence-electron chi connectivity index (χ1n) is 10.0. The van der Waals surface area contributed by atoms with Crippen molar-refractivity contribution >= 4 is 11.9 Å². The van der Waals surface area contributed by atoms with Crippen LogP contribution < -0.4 is 5.32 Å². The van der Waals surface area contributed by atoms with Crippen molar-refractivity contribution in [1.29, 1.82) is 0 Å². The van der Waals surface area contributed by atoms with E-state index >= 15 is 0 Å². The summed E-state index contributed by atoms with van der Waals surface area (Å²) in [7, 11) is 0. The third kappa shape index (κ3) is 2.58. The second-order valence-electron chi connectivity index (χ2n) is 8.37. The third-order valence-corrected chi connectivity index (χ3v) is 6.84. The van der Waals surface area contributed by atoms with Crippen LogP contribution in [0.2, 0.25) is 0 Å². The molecule has 2 aliphatic heterocycles. The maximum atomic E-state index is 13.8. The Kier molecular flexibility index (Phi) is 4.03. The number of amides is 3. The van der Waals surface area contributed by atoms with Crippen LogP contribution in [0.3, 0.4) is 0 Å². The number of hydrogen-bond donors (Lipinski definition) is 1. The molecule has 146 valence electrons. The molecule has 4 unspecified atom stereocenters. The molecule has 6 heteroatoms. The van der Waals surface area contributed by atoms with Crippen LogP contribution in [0.15, 0.2) is 48.2 Å². The van der Waals surface area contributed by atoms with Gasteiger partial charge in [-0.3, -0.25) is 9.69 Å². The van der Waals surface area contributed by atoms with Gasteiger partial charge in [-0.15, -0.1) is 6.58 Å². The topological polar surface area (TPSA) is 52.7 Å². The van der Waals surface area contributed by atoms with E-state index in [9.17, 15) is 14.0 Å². The highest BCUT2D eigenvalue weighted by Gasteiger charge is 2.50. The number of carbonyl (C=O) groups is 2. The highest BCUT2D eigenvalue weighted by molar-refractivity contribution is 6.01. The van der Waals surface area contributed by atoms with E-state index in [1.54, 1.807) is 23.1 Å². The van der Waals surface area contributed by atoms with Crippen molar-refractivity contribution < 1.29 is 14.0 Å². The summed E-state index contributed by atoms with van der Waals surface area (Å²) in [6.07, 6.45) is 6.39. The molecule has 0 saturated heterocycles. The van der Waals surface area contributed by atoms with Gasteiger partial charge in [0.15, 0.2) is 0 Å². The number of benzene rings is 1. The molecule has 5 nitrogen and oxygen atoms in total. The average Bonchev–Trinajstić information content (AvgIpc) is 3.38. The van der Waals surface area contributed by atoms with Crippen LogP contribution in [0, 0.1) is 17.7 Å². The fraction of sp³-hybridized carbons (Fsp3) is 0.455. The molecule has 0 radical (unpaired) electrons. The molecule has 2 bridgehead atoms. The number of urea groups is 1. The Balaban J connectivity index is 1.53. The molecule has 2 fully saturated rings. The molecule has 2 saturated carbocycles. The molecule has 2 heterocycles. The minimum absolute atomic E-state index is 0.0177. The van der Waals surface area contributed by atoms with Crippen molar-refractivity contribution in [1.82, 2.24) is 15.1 Å². The van der Waals surface area contributed by atoms with Gasteiger partial charge in [0.25, 0.3) is 5.91 Å². The minimum atomic E-state index is -0.615. The highest BCUT2D eigenvalue weighted by Crippen LogP contribution is 2.49. The molecule has 1 aromatic carbocycles. The maximum absolute atomic E-state index is 13.8. The molecule has 0 aromatic heterocycles. The first-order chi connectivity index (χ1) is 13.6. The predicted octanol–water partition coefficient (Wildman–Crippen LogP) is 3.36. The van der Waals surface area contributed by atoms with E-state index in [1.165, 1.54) is 31.4 Å². The lowest BCUT2D eigenvalue weighted by Crippen LogP contribution is -2.47. The lowest BCUT2D eigenvalue weighted by atomic mass is 9.93. The summed E-state index contributed by atoms with van der Waals surface area (Å²) in [5.41, 5.74) is 1.92. The molecule has 2 aliphatic carbocycles. The molecule has 3 amide bonds. The van der Waals surface area contributed by atoms with Crippen molar-refractivity contribution in [3.05, 3.63) is 59.6 Å². The average molecular weight is 381 g/mol. The summed E-state index contributed by atoms with van der Waals surface area (Å²) < 4.78 is 13.8. The zero-order valence-corrected chi connectivity index (χ0v) is 15.7. The summed E-state index contributed by atoms with van der Waals surface area (Å²) in [4.78, 5) is 29.8. The SMILES string of the molecule is C=CCN1C(=O)NC(c2cccc(F)c2)C2=C1CN(C1CC3CCC1C3)C2=O. The van der Waals surface area contributed by atoms with Crippen LogP contribution in [-0.2, 0) is 4.79 Å². The number of nitrogens with zero attached hydrogens (tertiary/aromatic N) is 2. The maximum Gasteiger partial charge on any atom is 0.322 e. The Labute approximate surface area is 163 Å². The van der Waals surface area contributed by atoms with Gasteiger partial charge < -0.3 is 10.2 Å². The van der Waals surface area contributed by atoms with Gasteiger partial charge in [-0.2, -0.15) is 0 Å². The van der Waals surface area contributed by atoms with E-state index in [1.807, 2.05) is 4.90 Å². The van der Waals surface area contributed by atoms with Crippen LogP contribution in [0.25, 0.3) is 0 Å². The Bertz CT molecular complexity index is 896. The quantitative estimate of drug-likeness (QED) is 0.813. The Morgan fingerprint density at radius 2 is 2.11 bits per heavy atom. The lowest BCUT2D eigenvalue weighted by Gasteiger charge is -2.33. The number of hydrogen-bond acceptors (Lipinski definition) is 2. The van der Waals surface area contributed by atoms with Gasteiger partial charge >= 0.3 is 6.03 Å². The van der Waals surface area contributed by atoms with E-state index in [-0.39, 0.29) is 23.8 Å². The molecule has 1 aromatic rings. The van der Waals surface area contributed by atoms with Gasteiger partial charge in [-0.05, 0) is 48.8 Å². The standard InChI is InChI=1S/C22H24FN3O2/c1-2-8-25-18-12-26(17-10-13-6-7-14(17)9-13)21(27)19(18)20(24-22(25)28)15-4-3-5-16(23)11-15/h2-5,11,13-14,17,20H,1,6-10,12H2,(H,24,28). The zero-order chi connectivity index (χ0) is 19.4. The summed E-state index contributed by atoms with van der Waals surface area (Å²) in [5.74, 6) is 0.900. The third-order valence-electron chi connectivity index (χ3n) is 6.84. The monoisotopic (exact) mass is 381 g/mol. The van der Waals surface area contributed by atoms with E-state index in [0.29, 0.717) is 30.1 Å². The van der Waals surface area contributed by atoms with Gasteiger partial charge in [-0.1, -0.05) is 24.6 Å². The summed E-state index contributed by atoms with van der Waals surface area (Å²) in [5, 5.41) is 2.91. The number of nitrogens with one attached hydrogen (secondary N) is 1. The fourth-order valence-electron chi connectivity index (χ4n) is 5.63. The minimum Gasteiger partial charge on any atom is -0.330 e. The Morgan fingerprint density at radius 1 is 1.25 bits per heavy atom. The van der Waals surface area contributed by atoms with E-state index in [0.717, 1.165) is 18.0 Å². The summed E-state index contributed by atoms with van der Waals surface area (Å²) >= 11 is 0. The number of carbonyl (C=O) groups excluding carboxylic acids is 2. The number of fused-ring (bicyclic) bond motifs is 2. The molecular weight excluding hydrogens is 357 g/mol. The van der Waals surface area contributed by atoms with Crippen molar-refractivity contribution in [2.75, 3.05) is 13.1 Å². The summed E-state index contributed by atoms with van der Waals surface area (Å²) in [6.45, 7) is 4.55. The lowest BCUT2D eigenvalue weighted by molar-refractivity contribution is -0.128. The smallest absolute Gasteiger partial charge is 0.322 e. The van der Waals surface area contributed by atoms with Crippen LogP contribution in [0.5, 0.6) is 0 Å². The molecule has 4 aliphatic rings. The second-order valence-corrected chi connectivity index (χ2v) is 8.37. The Morgan fingerprint density at radius 3 is 2.79 bits per heavy atom. The summed E-state index contributed by atoms with van der Waals surface area (Å²) in [6, 6.07) is 5.50. The van der Waals surface area contributed by atoms with Gasteiger partial charge in [0.2, 0.25) is 0 Å². The van der Waals surface area contributed by atoms with Crippen LogP contribution in [0.1, 0.15) is 37.3 Å². The zero-order valence-electron chi connectivity index (χ0n) is 15.7. The van der Waals surface area contributed by atoms with Gasteiger partial charge in [-0.25, -0.2) is 9.18 Å². The number of halogens is 1. The van der Waals surface area contributed by atoms with Crippen molar-refractivity contribution in [3.63, 3.8) is 0 Å².